The third-order valence-electron chi connectivity index (χ3n) is 3.72. The van der Waals surface area contributed by atoms with Crippen LogP contribution < -0.4 is 5.32 Å². The van der Waals surface area contributed by atoms with E-state index in [0.29, 0.717) is 11.6 Å². The predicted octanol–water partition coefficient (Wildman–Crippen LogP) is 4.61. The second-order valence-electron chi connectivity index (χ2n) is 5.99. The molecular weight excluding hydrogens is 351 g/mol. The van der Waals surface area contributed by atoms with Gasteiger partial charge in [-0.15, -0.1) is 0 Å². The van der Waals surface area contributed by atoms with Crippen LogP contribution in [0.25, 0.3) is 0 Å². The molecule has 0 bridgehead atoms. The van der Waals surface area contributed by atoms with E-state index in [1.165, 1.54) is 18.2 Å². The topological polar surface area (TPSA) is 72.2 Å². The normalized spacial score (nSPS) is 11.2. The summed E-state index contributed by atoms with van der Waals surface area (Å²) in [5, 5.41) is 14.2. The number of rotatable bonds is 5. The van der Waals surface area contributed by atoms with Crippen molar-refractivity contribution >= 4 is 34.8 Å². The molecule has 2 aromatic carbocycles. The molecule has 0 radical (unpaired) electrons. The van der Waals surface area contributed by atoms with E-state index in [4.69, 9.17) is 23.2 Å². The van der Waals surface area contributed by atoms with E-state index in [2.05, 4.69) is 5.32 Å². The Balaban J connectivity index is 2.09. The van der Waals surface area contributed by atoms with E-state index in [1.807, 2.05) is 26.0 Å². The van der Waals surface area contributed by atoms with Crippen molar-refractivity contribution in [1.82, 2.24) is 5.32 Å². The molecule has 1 amide bonds. The molecular formula is C17H16Cl2N2O3. The van der Waals surface area contributed by atoms with Crippen LogP contribution >= 0.6 is 23.2 Å². The van der Waals surface area contributed by atoms with Crippen molar-refractivity contribution in [3.8, 4) is 0 Å². The van der Waals surface area contributed by atoms with Gasteiger partial charge in [-0.1, -0.05) is 49.2 Å². The molecule has 0 aliphatic rings. The first-order valence-corrected chi connectivity index (χ1v) is 7.94. The number of hydrogen-bond acceptors (Lipinski definition) is 3. The van der Waals surface area contributed by atoms with Crippen LogP contribution in [0.15, 0.2) is 42.5 Å². The van der Waals surface area contributed by atoms with Gasteiger partial charge in [-0.3, -0.25) is 14.9 Å². The maximum atomic E-state index is 12.3. The number of hydrogen-bond donors (Lipinski definition) is 1. The number of benzene rings is 2. The number of nitrogens with one attached hydrogen (secondary N) is 1. The molecule has 0 aliphatic heterocycles. The summed E-state index contributed by atoms with van der Waals surface area (Å²) in [6, 6.07) is 11.2. The van der Waals surface area contributed by atoms with Gasteiger partial charge in [-0.25, -0.2) is 0 Å². The van der Waals surface area contributed by atoms with Gasteiger partial charge in [-0.2, -0.15) is 0 Å². The molecule has 0 heterocycles. The minimum absolute atomic E-state index is 0.0472. The van der Waals surface area contributed by atoms with Crippen molar-refractivity contribution in [2.75, 3.05) is 6.54 Å². The van der Waals surface area contributed by atoms with Crippen LogP contribution in [0.3, 0.4) is 0 Å². The summed E-state index contributed by atoms with van der Waals surface area (Å²) < 4.78 is 0. The number of non-ortho nitro benzene ring substituents is 1. The van der Waals surface area contributed by atoms with Gasteiger partial charge in [0.15, 0.2) is 0 Å². The third kappa shape index (κ3) is 4.24. The first kappa shape index (κ1) is 18.2. The van der Waals surface area contributed by atoms with Crippen molar-refractivity contribution < 1.29 is 9.72 Å². The van der Waals surface area contributed by atoms with Crippen molar-refractivity contribution in [3.63, 3.8) is 0 Å². The highest BCUT2D eigenvalue weighted by Crippen LogP contribution is 2.25. The minimum Gasteiger partial charge on any atom is -0.351 e. The van der Waals surface area contributed by atoms with Crippen LogP contribution in [0, 0.1) is 10.1 Å². The van der Waals surface area contributed by atoms with Crippen molar-refractivity contribution in [2.24, 2.45) is 0 Å². The first-order chi connectivity index (χ1) is 11.2. The molecule has 0 aromatic heterocycles. The molecule has 0 saturated heterocycles. The fourth-order valence-corrected chi connectivity index (χ4v) is 2.59. The summed E-state index contributed by atoms with van der Waals surface area (Å²) in [6.45, 7) is 4.36. The number of nitrogens with zero attached hydrogens (tertiary/aromatic N) is 1. The highest BCUT2D eigenvalue weighted by atomic mass is 35.5. The van der Waals surface area contributed by atoms with Gasteiger partial charge in [0.25, 0.3) is 11.6 Å². The van der Waals surface area contributed by atoms with E-state index >= 15 is 0 Å². The Labute approximate surface area is 149 Å². The quantitative estimate of drug-likeness (QED) is 0.620. The number of nitro groups is 1. The fraction of sp³-hybridized carbons (Fsp3) is 0.235. The van der Waals surface area contributed by atoms with Gasteiger partial charge in [0.2, 0.25) is 0 Å². The Bertz CT molecular complexity index is 774. The van der Waals surface area contributed by atoms with Gasteiger partial charge in [0.05, 0.1) is 15.5 Å². The first-order valence-electron chi connectivity index (χ1n) is 7.19. The van der Waals surface area contributed by atoms with Crippen LogP contribution in [-0.4, -0.2) is 17.4 Å². The molecule has 2 rings (SSSR count). The Morgan fingerprint density at radius 3 is 2.33 bits per heavy atom. The Kier molecular flexibility index (Phi) is 5.47. The summed E-state index contributed by atoms with van der Waals surface area (Å²) in [4.78, 5) is 22.4. The largest absolute Gasteiger partial charge is 0.351 e. The third-order valence-corrected chi connectivity index (χ3v) is 4.29. The molecule has 7 heteroatoms. The number of amides is 1. The number of nitro benzene ring substituents is 1. The van der Waals surface area contributed by atoms with Crippen molar-refractivity contribution in [1.29, 1.82) is 0 Å². The minimum atomic E-state index is -0.558. The van der Waals surface area contributed by atoms with E-state index in [-0.39, 0.29) is 27.6 Å². The number of halogens is 2. The van der Waals surface area contributed by atoms with Gasteiger partial charge >= 0.3 is 0 Å². The molecule has 0 unspecified atom stereocenters. The predicted molar refractivity (Wildman–Crippen MR) is 94.9 cm³/mol. The zero-order valence-corrected chi connectivity index (χ0v) is 14.7. The number of carbonyl (C=O) groups is 1. The van der Waals surface area contributed by atoms with Crippen LogP contribution in [0.1, 0.15) is 29.8 Å². The molecule has 24 heavy (non-hydrogen) atoms. The molecule has 0 spiro atoms. The lowest BCUT2D eigenvalue weighted by atomic mass is 9.84. The average molecular weight is 367 g/mol. The van der Waals surface area contributed by atoms with Gasteiger partial charge in [-0.05, 0) is 23.8 Å². The van der Waals surface area contributed by atoms with Gasteiger partial charge < -0.3 is 5.32 Å². The summed E-state index contributed by atoms with van der Waals surface area (Å²) in [6.07, 6.45) is 0. The monoisotopic (exact) mass is 366 g/mol. The number of carbonyl (C=O) groups excluding carboxylic acids is 1. The SMILES string of the molecule is CC(C)(CNC(=O)c1ccc([N+](=O)[O-])cc1Cl)c1ccc(Cl)cc1. The second kappa shape index (κ2) is 7.20. The maximum Gasteiger partial charge on any atom is 0.270 e. The smallest absolute Gasteiger partial charge is 0.270 e. The van der Waals surface area contributed by atoms with E-state index < -0.39 is 4.92 Å². The van der Waals surface area contributed by atoms with Crippen molar-refractivity contribution in [3.05, 3.63) is 73.8 Å². The van der Waals surface area contributed by atoms with E-state index in [9.17, 15) is 14.9 Å². The maximum absolute atomic E-state index is 12.3. The van der Waals surface area contributed by atoms with Crippen LogP contribution in [-0.2, 0) is 5.41 Å². The van der Waals surface area contributed by atoms with Gasteiger partial charge in [0, 0.05) is 29.1 Å². The van der Waals surface area contributed by atoms with E-state index in [1.54, 1.807) is 12.1 Å². The fourth-order valence-electron chi connectivity index (χ4n) is 2.20. The lowest BCUT2D eigenvalue weighted by molar-refractivity contribution is -0.384. The molecule has 1 N–H and O–H groups in total. The zero-order valence-electron chi connectivity index (χ0n) is 13.2. The van der Waals surface area contributed by atoms with Crippen molar-refractivity contribution in [2.45, 2.75) is 19.3 Å². The summed E-state index contributed by atoms with van der Waals surface area (Å²) in [5.41, 5.74) is 0.766. The molecule has 2 aromatic rings. The second-order valence-corrected chi connectivity index (χ2v) is 6.84. The Morgan fingerprint density at radius 2 is 1.79 bits per heavy atom. The summed E-state index contributed by atoms with van der Waals surface area (Å²) in [5.74, 6) is -0.378. The molecule has 0 atom stereocenters. The van der Waals surface area contributed by atoms with Crippen LogP contribution in [0.5, 0.6) is 0 Å². The summed E-state index contributed by atoms with van der Waals surface area (Å²) >= 11 is 11.9. The van der Waals surface area contributed by atoms with Crippen LogP contribution in [0.2, 0.25) is 10.0 Å². The molecule has 5 nitrogen and oxygen atoms in total. The average Bonchev–Trinajstić information content (AvgIpc) is 2.53. The lowest BCUT2D eigenvalue weighted by Gasteiger charge is -2.26. The standard InChI is InChI=1S/C17H16Cl2N2O3/c1-17(2,11-3-5-12(18)6-4-11)10-20-16(22)14-8-7-13(21(23)24)9-15(14)19/h3-9H,10H2,1-2H3,(H,20,22). The van der Waals surface area contributed by atoms with Gasteiger partial charge in [0.1, 0.15) is 0 Å². The molecule has 0 fully saturated rings. The molecule has 0 saturated carbocycles. The lowest BCUT2D eigenvalue weighted by Crippen LogP contribution is -2.36. The molecule has 0 aliphatic carbocycles. The Morgan fingerprint density at radius 1 is 1.17 bits per heavy atom. The molecule has 126 valence electrons. The zero-order chi connectivity index (χ0) is 17.9. The van der Waals surface area contributed by atoms with E-state index in [0.717, 1.165) is 5.56 Å². The highest BCUT2D eigenvalue weighted by Gasteiger charge is 2.23. The summed E-state index contributed by atoms with van der Waals surface area (Å²) in [7, 11) is 0. The Hall–Kier alpha value is -2.11. The highest BCUT2D eigenvalue weighted by molar-refractivity contribution is 6.34. The van der Waals surface area contributed by atoms with Crippen LogP contribution in [0.4, 0.5) is 5.69 Å².